The Labute approximate surface area is 109 Å². The number of thioether (sulfide) groups is 1. The fourth-order valence-corrected chi connectivity index (χ4v) is 3.90. The summed E-state index contributed by atoms with van der Waals surface area (Å²) in [6.45, 7) is 2.01. The fourth-order valence-electron chi connectivity index (χ4n) is 2.70. The molecular formula is C13H24N2OS. The van der Waals surface area contributed by atoms with E-state index in [-0.39, 0.29) is 0 Å². The van der Waals surface area contributed by atoms with E-state index in [1.807, 2.05) is 23.7 Å². The van der Waals surface area contributed by atoms with Crippen LogP contribution >= 0.6 is 11.8 Å². The van der Waals surface area contributed by atoms with Gasteiger partial charge in [-0.25, -0.2) is 0 Å². The summed E-state index contributed by atoms with van der Waals surface area (Å²) in [5, 5.41) is 3.45. The molecule has 2 aliphatic rings. The van der Waals surface area contributed by atoms with Crippen LogP contribution in [-0.2, 0) is 4.79 Å². The highest BCUT2D eigenvalue weighted by Crippen LogP contribution is 2.25. The van der Waals surface area contributed by atoms with Crippen LogP contribution in [-0.4, -0.2) is 48.5 Å². The largest absolute Gasteiger partial charge is 0.344 e. The number of carbonyl (C=O) groups is 1. The topological polar surface area (TPSA) is 32.3 Å². The minimum absolute atomic E-state index is 0.343. The number of hydrogen-bond acceptors (Lipinski definition) is 3. The van der Waals surface area contributed by atoms with Gasteiger partial charge in [-0.2, -0.15) is 11.8 Å². The molecule has 0 aromatic carbocycles. The quantitative estimate of drug-likeness (QED) is 0.831. The van der Waals surface area contributed by atoms with Crippen LogP contribution in [0.2, 0.25) is 0 Å². The predicted octanol–water partition coefficient (Wildman–Crippen LogP) is 1.73. The van der Waals surface area contributed by atoms with Crippen molar-refractivity contribution in [1.82, 2.24) is 10.2 Å². The molecule has 1 unspecified atom stereocenters. The monoisotopic (exact) mass is 256 g/mol. The number of carbonyl (C=O) groups excluding carboxylic acids is 1. The maximum absolute atomic E-state index is 12.1. The van der Waals surface area contributed by atoms with Gasteiger partial charge in [0, 0.05) is 26.1 Å². The first-order valence-corrected chi connectivity index (χ1v) is 7.96. The van der Waals surface area contributed by atoms with Gasteiger partial charge in [-0.3, -0.25) is 4.79 Å². The first kappa shape index (κ1) is 13.2. The van der Waals surface area contributed by atoms with Gasteiger partial charge in [0.15, 0.2) is 0 Å². The highest BCUT2D eigenvalue weighted by Gasteiger charge is 2.22. The SMILES string of the molecule is CN(CC1CCCN1)C(=O)CC1CCSCC1. The molecule has 4 heteroatoms. The van der Waals surface area contributed by atoms with Crippen molar-refractivity contribution in [3.8, 4) is 0 Å². The first-order chi connectivity index (χ1) is 8.25. The molecule has 0 radical (unpaired) electrons. The Morgan fingerprint density at radius 1 is 1.35 bits per heavy atom. The Morgan fingerprint density at radius 2 is 2.12 bits per heavy atom. The van der Waals surface area contributed by atoms with E-state index in [1.54, 1.807) is 0 Å². The van der Waals surface area contributed by atoms with Crippen molar-refractivity contribution in [2.75, 3.05) is 31.6 Å². The van der Waals surface area contributed by atoms with Crippen molar-refractivity contribution in [2.24, 2.45) is 5.92 Å². The standard InChI is InChI=1S/C13H24N2OS/c1-15(10-12-3-2-6-14-12)13(16)9-11-4-7-17-8-5-11/h11-12,14H,2-10H2,1H3. The predicted molar refractivity (Wildman–Crippen MR) is 73.3 cm³/mol. The average molecular weight is 256 g/mol. The number of hydrogen-bond donors (Lipinski definition) is 1. The van der Waals surface area contributed by atoms with Gasteiger partial charge in [0.25, 0.3) is 0 Å². The van der Waals surface area contributed by atoms with Crippen molar-refractivity contribution in [3.05, 3.63) is 0 Å². The molecular weight excluding hydrogens is 232 g/mol. The van der Waals surface area contributed by atoms with Crippen molar-refractivity contribution >= 4 is 17.7 Å². The summed E-state index contributed by atoms with van der Waals surface area (Å²) >= 11 is 2.03. The molecule has 2 rings (SSSR count). The van der Waals surface area contributed by atoms with E-state index in [4.69, 9.17) is 0 Å². The number of nitrogens with one attached hydrogen (secondary N) is 1. The maximum Gasteiger partial charge on any atom is 0.222 e. The van der Waals surface area contributed by atoms with Crippen molar-refractivity contribution in [2.45, 2.75) is 38.1 Å². The minimum atomic E-state index is 0.343. The van der Waals surface area contributed by atoms with E-state index in [0.29, 0.717) is 17.9 Å². The van der Waals surface area contributed by atoms with Crippen LogP contribution in [0.15, 0.2) is 0 Å². The summed E-state index contributed by atoms with van der Waals surface area (Å²) in [4.78, 5) is 14.0. The zero-order valence-corrected chi connectivity index (χ0v) is 11.6. The van der Waals surface area contributed by atoms with E-state index >= 15 is 0 Å². The normalized spacial score (nSPS) is 26.1. The molecule has 1 amide bonds. The lowest BCUT2D eigenvalue weighted by atomic mass is 9.98. The number of amides is 1. The number of rotatable bonds is 4. The summed E-state index contributed by atoms with van der Waals surface area (Å²) in [5.41, 5.74) is 0. The number of nitrogens with zero attached hydrogens (tertiary/aromatic N) is 1. The van der Waals surface area contributed by atoms with Gasteiger partial charge in [0.2, 0.25) is 5.91 Å². The molecule has 0 aromatic rings. The summed E-state index contributed by atoms with van der Waals surface area (Å²) in [7, 11) is 1.96. The minimum Gasteiger partial charge on any atom is -0.344 e. The van der Waals surface area contributed by atoms with Crippen LogP contribution in [0.3, 0.4) is 0 Å². The smallest absolute Gasteiger partial charge is 0.222 e. The highest BCUT2D eigenvalue weighted by atomic mass is 32.2. The fraction of sp³-hybridized carbons (Fsp3) is 0.923. The third-order valence-corrected chi connectivity index (χ3v) is 4.94. The van der Waals surface area contributed by atoms with Gasteiger partial charge >= 0.3 is 0 Å². The molecule has 2 heterocycles. The molecule has 2 fully saturated rings. The lowest BCUT2D eigenvalue weighted by Gasteiger charge is -2.25. The third-order valence-electron chi connectivity index (χ3n) is 3.89. The van der Waals surface area contributed by atoms with Crippen LogP contribution in [0, 0.1) is 5.92 Å². The molecule has 1 atom stereocenters. The van der Waals surface area contributed by atoms with Gasteiger partial charge < -0.3 is 10.2 Å². The second-order valence-electron chi connectivity index (χ2n) is 5.33. The Hall–Kier alpha value is -0.220. The van der Waals surface area contributed by atoms with Gasteiger partial charge in [-0.05, 0) is 49.7 Å². The average Bonchev–Trinajstić information content (AvgIpc) is 2.83. The van der Waals surface area contributed by atoms with E-state index in [9.17, 15) is 4.79 Å². The molecule has 0 aliphatic carbocycles. The highest BCUT2D eigenvalue weighted by molar-refractivity contribution is 7.99. The van der Waals surface area contributed by atoms with Crippen molar-refractivity contribution in [1.29, 1.82) is 0 Å². The summed E-state index contributed by atoms with van der Waals surface area (Å²) in [6, 6.07) is 0.533. The van der Waals surface area contributed by atoms with Crippen molar-refractivity contribution in [3.63, 3.8) is 0 Å². The van der Waals surface area contributed by atoms with E-state index < -0.39 is 0 Å². The molecule has 3 nitrogen and oxygen atoms in total. The summed E-state index contributed by atoms with van der Waals surface area (Å²) in [6.07, 6.45) is 5.70. The van der Waals surface area contributed by atoms with Crippen LogP contribution in [0.1, 0.15) is 32.1 Å². The lowest BCUT2D eigenvalue weighted by Crippen LogP contribution is -2.39. The van der Waals surface area contributed by atoms with Crippen LogP contribution in [0.4, 0.5) is 0 Å². The van der Waals surface area contributed by atoms with Gasteiger partial charge in [0.1, 0.15) is 0 Å². The first-order valence-electron chi connectivity index (χ1n) is 6.81. The van der Waals surface area contributed by atoms with Crippen LogP contribution in [0.5, 0.6) is 0 Å². The van der Waals surface area contributed by atoms with E-state index in [1.165, 1.54) is 37.2 Å². The second kappa shape index (κ2) is 6.64. The molecule has 0 saturated carbocycles. The molecule has 17 heavy (non-hydrogen) atoms. The van der Waals surface area contributed by atoms with E-state index in [0.717, 1.165) is 19.5 Å². The second-order valence-corrected chi connectivity index (χ2v) is 6.55. The van der Waals surface area contributed by atoms with Gasteiger partial charge in [0.05, 0.1) is 0 Å². The maximum atomic E-state index is 12.1. The Bertz CT molecular complexity index is 248. The summed E-state index contributed by atoms with van der Waals surface area (Å²) in [5.74, 6) is 3.47. The van der Waals surface area contributed by atoms with Crippen molar-refractivity contribution < 1.29 is 4.79 Å². The Morgan fingerprint density at radius 3 is 2.76 bits per heavy atom. The van der Waals surface area contributed by atoms with E-state index in [2.05, 4.69) is 5.32 Å². The molecule has 98 valence electrons. The van der Waals surface area contributed by atoms with Crippen LogP contribution in [0.25, 0.3) is 0 Å². The molecule has 0 spiro atoms. The zero-order valence-electron chi connectivity index (χ0n) is 10.8. The molecule has 0 aromatic heterocycles. The molecule has 2 saturated heterocycles. The lowest BCUT2D eigenvalue weighted by molar-refractivity contribution is -0.131. The summed E-state index contributed by atoms with van der Waals surface area (Å²) < 4.78 is 0. The van der Waals surface area contributed by atoms with Gasteiger partial charge in [-0.15, -0.1) is 0 Å². The van der Waals surface area contributed by atoms with Gasteiger partial charge in [-0.1, -0.05) is 0 Å². The zero-order chi connectivity index (χ0) is 12.1. The third kappa shape index (κ3) is 4.18. The molecule has 1 N–H and O–H groups in total. The van der Waals surface area contributed by atoms with Crippen LogP contribution < -0.4 is 5.32 Å². The Balaban J connectivity index is 1.70. The molecule has 2 aliphatic heterocycles. The number of likely N-dealkylation sites (N-methyl/N-ethyl adjacent to an activating group) is 1. The molecule has 0 bridgehead atoms. The Kier molecular flexibility index (Phi) is 5.16.